The van der Waals surface area contributed by atoms with E-state index in [0.717, 1.165) is 42.1 Å². The first kappa shape index (κ1) is 26.4. The maximum Gasteiger partial charge on any atom is 0.248 e. The highest BCUT2D eigenvalue weighted by atomic mass is 16.5. The molecule has 0 saturated heterocycles. The second-order valence-electron chi connectivity index (χ2n) is 10.0. The molecular weight excluding hydrogens is 490 g/mol. The summed E-state index contributed by atoms with van der Waals surface area (Å²) < 4.78 is 10.9. The summed E-state index contributed by atoms with van der Waals surface area (Å²) in [5, 5.41) is 4.26. The van der Waals surface area contributed by atoms with E-state index >= 15 is 0 Å². The van der Waals surface area contributed by atoms with Crippen molar-refractivity contribution in [1.82, 2.24) is 10.3 Å². The highest BCUT2D eigenvalue weighted by molar-refractivity contribution is 6.03. The van der Waals surface area contributed by atoms with Crippen LogP contribution in [0.2, 0.25) is 0 Å². The van der Waals surface area contributed by atoms with E-state index in [1.54, 1.807) is 19.1 Å². The number of nitrogens with one attached hydrogen (secondary N) is 2. The number of amides is 2. The van der Waals surface area contributed by atoms with E-state index in [-0.39, 0.29) is 24.3 Å². The Balaban J connectivity index is 1.57. The summed E-state index contributed by atoms with van der Waals surface area (Å²) in [6.45, 7) is 0. The van der Waals surface area contributed by atoms with Crippen LogP contribution in [0, 0.1) is 0 Å². The third kappa shape index (κ3) is 5.93. The zero-order chi connectivity index (χ0) is 27.2. The van der Waals surface area contributed by atoms with Gasteiger partial charge >= 0.3 is 0 Å². The van der Waals surface area contributed by atoms with Crippen molar-refractivity contribution >= 4 is 28.4 Å². The molecule has 2 N–H and O–H groups in total. The lowest BCUT2D eigenvalue weighted by Crippen LogP contribution is -2.47. The molecule has 3 aromatic carbocycles. The minimum Gasteiger partial charge on any atom is -0.497 e. The van der Waals surface area contributed by atoms with Crippen molar-refractivity contribution in [3.63, 3.8) is 0 Å². The van der Waals surface area contributed by atoms with Crippen LogP contribution in [0.4, 0.5) is 5.69 Å². The number of para-hydroxylation sites is 1. The average Bonchev–Trinajstić information content (AvgIpc) is 3.39. The molecule has 7 nitrogen and oxygen atoms in total. The van der Waals surface area contributed by atoms with Crippen LogP contribution in [0.3, 0.4) is 0 Å². The Morgan fingerprint density at radius 2 is 1.67 bits per heavy atom. The molecule has 0 spiro atoms. The number of ether oxygens (including phenoxy) is 2. The number of aromatic amines is 1. The highest BCUT2D eigenvalue weighted by Crippen LogP contribution is 2.33. The molecule has 1 fully saturated rings. The Bertz CT molecular complexity index is 1420. The Labute approximate surface area is 229 Å². The first-order chi connectivity index (χ1) is 19.1. The molecule has 1 aliphatic carbocycles. The van der Waals surface area contributed by atoms with Gasteiger partial charge in [0.25, 0.3) is 0 Å². The summed E-state index contributed by atoms with van der Waals surface area (Å²) in [5.74, 6) is 0.920. The number of fused-ring (bicyclic) bond motifs is 1. The lowest BCUT2D eigenvalue weighted by Gasteiger charge is -2.33. The van der Waals surface area contributed by atoms with Gasteiger partial charge in [-0.1, -0.05) is 49.6 Å². The van der Waals surface area contributed by atoms with Crippen molar-refractivity contribution in [2.75, 3.05) is 19.1 Å². The Morgan fingerprint density at radius 1 is 0.923 bits per heavy atom. The van der Waals surface area contributed by atoms with Gasteiger partial charge < -0.3 is 19.8 Å². The number of H-pyrrole nitrogens is 1. The molecule has 1 aliphatic rings. The molecule has 0 unspecified atom stereocenters. The quantitative estimate of drug-likeness (QED) is 0.283. The maximum atomic E-state index is 14.2. The number of carbonyl (C=O) groups excluding carboxylic acids is 2. The molecule has 0 bridgehead atoms. The first-order valence-corrected chi connectivity index (χ1v) is 13.5. The monoisotopic (exact) mass is 525 g/mol. The average molecular weight is 526 g/mol. The summed E-state index contributed by atoms with van der Waals surface area (Å²) >= 11 is 0. The van der Waals surface area contributed by atoms with Gasteiger partial charge in [0.05, 0.1) is 20.6 Å². The minimum atomic E-state index is -0.881. The number of rotatable bonds is 9. The summed E-state index contributed by atoms with van der Waals surface area (Å²) in [6.07, 6.45) is 7.27. The van der Waals surface area contributed by atoms with Crippen LogP contribution < -0.4 is 19.7 Å². The standard InChI is InChI=1S/C32H35N3O4/c1-38-26-17-15-25(16-18-26)35(30(36)20-23-21-33-29-14-7-6-13-28(23)29)31(22-9-8-12-27(19-22)39-2)32(37)34-24-10-4-3-5-11-24/h6-9,12-19,21,24,31,33H,3-5,10-11,20H2,1-2H3,(H,34,37)/t31-/m1/s1. The van der Waals surface area contributed by atoms with Gasteiger partial charge in [0.1, 0.15) is 17.5 Å². The molecule has 1 saturated carbocycles. The predicted octanol–water partition coefficient (Wildman–Crippen LogP) is 5.95. The van der Waals surface area contributed by atoms with Gasteiger partial charge in [0.2, 0.25) is 11.8 Å². The Hall–Kier alpha value is -4.26. The van der Waals surface area contributed by atoms with Gasteiger partial charge in [-0.15, -0.1) is 0 Å². The zero-order valence-corrected chi connectivity index (χ0v) is 22.5. The number of carbonyl (C=O) groups is 2. The first-order valence-electron chi connectivity index (χ1n) is 13.5. The predicted molar refractivity (Wildman–Crippen MR) is 153 cm³/mol. The van der Waals surface area contributed by atoms with Crippen LogP contribution in [-0.4, -0.2) is 37.1 Å². The number of hydrogen-bond acceptors (Lipinski definition) is 4. The normalized spacial score (nSPS) is 14.5. The molecule has 0 radical (unpaired) electrons. The molecule has 5 rings (SSSR count). The van der Waals surface area contributed by atoms with Crippen molar-refractivity contribution in [2.24, 2.45) is 0 Å². The van der Waals surface area contributed by atoms with E-state index in [0.29, 0.717) is 22.7 Å². The fraction of sp³-hybridized carbons (Fsp3) is 0.312. The topological polar surface area (TPSA) is 83.7 Å². The van der Waals surface area contributed by atoms with Gasteiger partial charge in [0, 0.05) is 28.8 Å². The SMILES string of the molecule is COc1ccc(N(C(=O)Cc2c[nH]c3ccccc23)[C@@H](C(=O)NC2CCCCC2)c2cccc(OC)c2)cc1. The maximum absolute atomic E-state index is 14.2. The van der Waals surface area contributed by atoms with Crippen molar-refractivity contribution in [3.05, 3.63) is 90.1 Å². The van der Waals surface area contributed by atoms with Gasteiger partial charge in [-0.3, -0.25) is 14.5 Å². The summed E-state index contributed by atoms with van der Waals surface area (Å²) in [7, 11) is 3.20. The highest BCUT2D eigenvalue weighted by Gasteiger charge is 2.34. The lowest BCUT2D eigenvalue weighted by molar-refractivity contribution is -0.127. The largest absolute Gasteiger partial charge is 0.497 e. The fourth-order valence-electron chi connectivity index (χ4n) is 5.46. The van der Waals surface area contributed by atoms with Gasteiger partial charge in [0.15, 0.2) is 0 Å². The van der Waals surface area contributed by atoms with Gasteiger partial charge in [-0.2, -0.15) is 0 Å². The molecule has 202 valence electrons. The number of nitrogens with zero attached hydrogens (tertiary/aromatic N) is 1. The minimum absolute atomic E-state index is 0.0980. The van der Waals surface area contributed by atoms with Crippen LogP contribution in [-0.2, 0) is 16.0 Å². The smallest absolute Gasteiger partial charge is 0.248 e. The molecule has 2 amide bonds. The van der Waals surface area contributed by atoms with E-state index in [9.17, 15) is 9.59 Å². The number of methoxy groups -OCH3 is 2. The third-order valence-corrected chi connectivity index (χ3v) is 7.50. The zero-order valence-electron chi connectivity index (χ0n) is 22.5. The third-order valence-electron chi connectivity index (χ3n) is 7.50. The molecule has 4 aromatic rings. The van der Waals surface area contributed by atoms with Crippen LogP contribution in [0.1, 0.15) is 49.3 Å². The van der Waals surface area contributed by atoms with Crippen LogP contribution in [0.5, 0.6) is 11.5 Å². The van der Waals surface area contributed by atoms with E-state index in [1.807, 2.05) is 79.0 Å². The Morgan fingerprint density at radius 3 is 2.41 bits per heavy atom. The van der Waals surface area contributed by atoms with Crippen LogP contribution in [0.25, 0.3) is 10.9 Å². The second kappa shape index (κ2) is 12.1. The molecule has 1 aromatic heterocycles. The molecule has 1 heterocycles. The van der Waals surface area contributed by atoms with Gasteiger partial charge in [-0.25, -0.2) is 0 Å². The summed E-state index contributed by atoms with van der Waals surface area (Å²) in [6, 6.07) is 21.8. The number of hydrogen-bond donors (Lipinski definition) is 2. The Kier molecular flexibility index (Phi) is 8.16. The summed E-state index contributed by atoms with van der Waals surface area (Å²) in [4.78, 5) is 33.2. The van der Waals surface area contributed by atoms with Crippen LogP contribution >= 0.6 is 0 Å². The van der Waals surface area contributed by atoms with Gasteiger partial charge in [-0.05, 0) is 66.4 Å². The summed E-state index contributed by atoms with van der Waals surface area (Å²) in [5.41, 5.74) is 3.15. The number of benzene rings is 3. The fourth-order valence-corrected chi connectivity index (χ4v) is 5.46. The second-order valence-corrected chi connectivity index (χ2v) is 10.0. The number of anilines is 1. The van der Waals surface area contributed by atoms with Crippen molar-refractivity contribution in [2.45, 2.75) is 50.6 Å². The number of aromatic nitrogens is 1. The van der Waals surface area contributed by atoms with E-state index < -0.39 is 6.04 Å². The van der Waals surface area contributed by atoms with Crippen LogP contribution in [0.15, 0.2) is 79.0 Å². The van der Waals surface area contributed by atoms with Crippen molar-refractivity contribution in [3.8, 4) is 11.5 Å². The molecular formula is C32H35N3O4. The van der Waals surface area contributed by atoms with E-state index in [2.05, 4.69) is 10.3 Å². The van der Waals surface area contributed by atoms with Crippen molar-refractivity contribution < 1.29 is 19.1 Å². The van der Waals surface area contributed by atoms with Crippen molar-refractivity contribution in [1.29, 1.82) is 0 Å². The molecule has 7 heteroatoms. The lowest BCUT2D eigenvalue weighted by atomic mass is 9.94. The van der Waals surface area contributed by atoms with E-state index in [1.165, 1.54) is 6.42 Å². The molecule has 39 heavy (non-hydrogen) atoms. The molecule has 1 atom stereocenters. The van der Waals surface area contributed by atoms with E-state index in [4.69, 9.17) is 9.47 Å². The molecule has 0 aliphatic heterocycles.